The summed E-state index contributed by atoms with van der Waals surface area (Å²) in [5.74, 6) is -0.0195. The Hall–Kier alpha value is -1.85. The van der Waals surface area contributed by atoms with E-state index in [4.69, 9.17) is 4.74 Å². The van der Waals surface area contributed by atoms with E-state index in [-0.39, 0.29) is 23.2 Å². The smallest absolute Gasteiger partial charge is 0.313 e. The molecular weight excluding hydrogens is 251 g/mol. The molecule has 1 unspecified atom stereocenters. The molecule has 0 amide bonds. The van der Waals surface area contributed by atoms with E-state index in [1.807, 2.05) is 6.92 Å². The molecule has 0 heterocycles. The van der Waals surface area contributed by atoms with Crippen LogP contribution < -0.4 is 10.1 Å². The molecule has 5 nitrogen and oxygen atoms in total. The number of nitrogens with one attached hydrogen (secondary N) is 1. The zero-order valence-corrected chi connectivity index (χ0v) is 11.0. The van der Waals surface area contributed by atoms with Gasteiger partial charge in [0.1, 0.15) is 0 Å². The van der Waals surface area contributed by atoms with Gasteiger partial charge >= 0.3 is 5.69 Å². The number of nitrogens with zero attached hydrogens (tertiary/aromatic N) is 1. The SMILES string of the molecule is COc1cc(NC(C)C2CCC2)c(F)cc1[N+](=O)[O-]. The van der Waals surface area contributed by atoms with Crippen molar-refractivity contribution < 1.29 is 14.1 Å². The molecule has 0 spiro atoms. The molecule has 1 N–H and O–H groups in total. The number of ether oxygens (including phenoxy) is 1. The van der Waals surface area contributed by atoms with Crippen molar-refractivity contribution in [3.8, 4) is 5.75 Å². The van der Waals surface area contributed by atoms with Crippen molar-refractivity contribution in [3.63, 3.8) is 0 Å². The lowest BCUT2D eigenvalue weighted by Gasteiger charge is -2.32. The van der Waals surface area contributed by atoms with Crippen molar-refractivity contribution in [3.05, 3.63) is 28.1 Å². The van der Waals surface area contributed by atoms with Crippen molar-refractivity contribution in [2.24, 2.45) is 5.92 Å². The van der Waals surface area contributed by atoms with Crippen molar-refractivity contribution in [2.75, 3.05) is 12.4 Å². The summed E-state index contributed by atoms with van der Waals surface area (Å²) in [5.41, 5.74) is -0.108. The predicted octanol–water partition coefficient (Wildman–Crippen LogP) is 3.34. The summed E-state index contributed by atoms with van der Waals surface area (Å²) in [7, 11) is 1.33. The van der Waals surface area contributed by atoms with Gasteiger partial charge in [0, 0.05) is 12.1 Å². The van der Waals surface area contributed by atoms with Crippen LogP contribution in [0.4, 0.5) is 15.8 Å². The van der Waals surface area contributed by atoms with E-state index in [2.05, 4.69) is 5.32 Å². The van der Waals surface area contributed by atoms with Gasteiger partial charge in [-0.1, -0.05) is 6.42 Å². The van der Waals surface area contributed by atoms with E-state index in [0.29, 0.717) is 5.92 Å². The van der Waals surface area contributed by atoms with Crippen LogP contribution in [0.15, 0.2) is 12.1 Å². The van der Waals surface area contributed by atoms with E-state index < -0.39 is 10.7 Å². The summed E-state index contributed by atoms with van der Waals surface area (Å²) in [6, 6.07) is 2.39. The van der Waals surface area contributed by atoms with Crippen LogP contribution in [0.2, 0.25) is 0 Å². The molecule has 0 saturated heterocycles. The van der Waals surface area contributed by atoms with Gasteiger partial charge in [-0.3, -0.25) is 10.1 Å². The van der Waals surface area contributed by atoms with Gasteiger partial charge in [0.05, 0.1) is 23.8 Å². The fourth-order valence-corrected chi connectivity index (χ4v) is 2.26. The molecule has 0 bridgehead atoms. The highest BCUT2D eigenvalue weighted by Crippen LogP contribution is 2.35. The van der Waals surface area contributed by atoms with Gasteiger partial charge in [0.25, 0.3) is 0 Å². The van der Waals surface area contributed by atoms with Gasteiger partial charge in [0.2, 0.25) is 0 Å². The summed E-state index contributed by atoms with van der Waals surface area (Å²) in [6.45, 7) is 2.00. The monoisotopic (exact) mass is 268 g/mol. The Morgan fingerprint density at radius 2 is 2.21 bits per heavy atom. The van der Waals surface area contributed by atoms with Gasteiger partial charge in [-0.25, -0.2) is 4.39 Å². The molecule has 2 rings (SSSR count). The highest BCUT2D eigenvalue weighted by Gasteiger charge is 2.26. The third-order valence-corrected chi connectivity index (χ3v) is 3.71. The van der Waals surface area contributed by atoms with Gasteiger partial charge in [-0.05, 0) is 25.7 Å². The third kappa shape index (κ3) is 2.77. The second kappa shape index (κ2) is 5.42. The Bertz CT molecular complexity index is 489. The van der Waals surface area contributed by atoms with Crippen molar-refractivity contribution in [1.82, 2.24) is 0 Å². The van der Waals surface area contributed by atoms with Crippen molar-refractivity contribution >= 4 is 11.4 Å². The first-order chi connectivity index (χ1) is 9.02. The normalized spacial score (nSPS) is 16.6. The molecule has 1 saturated carbocycles. The second-order valence-electron chi connectivity index (χ2n) is 4.89. The van der Waals surface area contributed by atoms with E-state index in [1.54, 1.807) is 0 Å². The third-order valence-electron chi connectivity index (χ3n) is 3.71. The maximum absolute atomic E-state index is 13.9. The summed E-state index contributed by atoms with van der Waals surface area (Å²) < 4.78 is 18.8. The maximum Gasteiger partial charge on any atom is 0.313 e. The summed E-state index contributed by atoms with van der Waals surface area (Å²) in [6.07, 6.45) is 3.49. The van der Waals surface area contributed by atoms with Gasteiger partial charge in [0.15, 0.2) is 11.6 Å². The zero-order valence-electron chi connectivity index (χ0n) is 11.0. The number of nitro groups is 1. The predicted molar refractivity (Wildman–Crippen MR) is 70.0 cm³/mol. The van der Waals surface area contributed by atoms with E-state index >= 15 is 0 Å². The van der Waals surface area contributed by atoms with E-state index in [9.17, 15) is 14.5 Å². The molecule has 6 heteroatoms. The van der Waals surface area contributed by atoms with Crippen LogP contribution in [0.3, 0.4) is 0 Å². The number of hydrogen-bond donors (Lipinski definition) is 1. The molecule has 0 aliphatic heterocycles. The van der Waals surface area contributed by atoms with Crippen molar-refractivity contribution in [1.29, 1.82) is 0 Å². The molecule has 0 radical (unpaired) electrons. The van der Waals surface area contributed by atoms with Gasteiger partial charge < -0.3 is 10.1 Å². The molecule has 19 heavy (non-hydrogen) atoms. The number of hydrogen-bond acceptors (Lipinski definition) is 4. The maximum atomic E-state index is 13.9. The Balaban J connectivity index is 2.22. The van der Waals surface area contributed by atoms with Gasteiger partial charge in [-0.15, -0.1) is 0 Å². The average Bonchev–Trinajstić information content (AvgIpc) is 2.28. The van der Waals surface area contributed by atoms with E-state index in [1.165, 1.54) is 19.6 Å². The fourth-order valence-electron chi connectivity index (χ4n) is 2.26. The highest BCUT2D eigenvalue weighted by molar-refractivity contribution is 5.59. The van der Waals surface area contributed by atoms with Crippen LogP contribution in [-0.2, 0) is 0 Å². The minimum Gasteiger partial charge on any atom is -0.490 e. The number of anilines is 1. The van der Waals surface area contributed by atoms with Crippen LogP contribution in [-0.4, -0.2) is 18.1 Å². The molecule has 1 atom stereocenters. The van der Waals surface area contributed by atoms with Crippen LogP contribution in [0, 0.1) is 21.8 Å². The Kier molecular flexibility index (Phi) is 3.87. The quantitative estimate of drug-likeness (QED) is 0.657. The van der Waals surface area contributed by atoms with Crippen LogP contribution in [0.25, 0.3) is 0 Å². The first-order valence-corrected chi connectivity index (χ1v) is 6.31. The first-order valence-electron chi connectivity index (χ1n) is 6.31. The average molecular weight is 268 g/mol. The molecule has 1 aliphatic carbocycles. The number of benzene rings is 1. The minimum absolute atomic E-state index is 0.0645. The molecule has 1 fully saturated rings. The lowest BCUT2D eigenvalue weighted by atomic mass is 9.80. The lowest BCUT2D eigenvalue weighted by Crippen LogP contribution is -2.31. The van der Waals surface area contributed by atoms with Crippen LogP contribution in [0.5, 0.6) is 5.75 Å². The van der Waals surface area contributed by atoms with Gasteiger partial charge in [-0.2, -0.15) is 0 Å². The molecule has 1 aromatic rings. The summed E-state index contributed by atoms with van der Waals surface area (Å²) in [5, 5.41) is 13.8. The topological polar surface area (TPSA) is 64.4 Å². The van der Waals surface area contributed by atoms with Crippen LogP contribution in [0.1, 0.15) is 26.2 Å². The molecule has 1 aromatic carbocycles. The fraction of sp³-hybridized carbons (Fsp3) is 0.538. The molecular formula is C13H17FN2O3. The number of methoxy groups -OCH3 is 1. The van der Waals surface area contributed by atoms with Crippen molar-refractivity contribution in [2.45, 2.75) is 32.2 Å². The summed E-state index contributed by atoms with van der Waals surface area (Å²) >= 11 is 0. The molecule has 104 valence electrons. The number of nitro benzene ring substituents is 1. The highest BCUT2D eigenvalue weighted by atomic mass is 19.1. The number of halogens is 1. The molecule has 1 aliphatic rings. The number of rotatable bonds is 5. The zero-order chi connectivity index (χ0) is 14.0. The second-order valence-corrected chi connectivity index (χ2v) is 4.89. The lowest BCUT2D eigenvalue weighted by molar-refractivity contribution is -0.385. The minimum atomic E-state index is -0.652. The Morgan fingerprint density at radius 3 is 2.68 bits per heavy atom. The summed E-state index contributed by atoms with van der Waals surface area (Å²) in [4.78, 5) is 10.1. The Morgan fingerprint density at radius 1 is 1.53 bits per heavy atom. The van der Waals surface area contributed by atoms with E-state index in [0.717, 1.165) is 18.9 Å². The molecule has 0 aromatic heterocycles. The standard InChI is InChI=1S/C13H17FN2O3/c1-8(9-4-3-5-9)15-11-7-13(19-2)12(16(17)18)6-10(11)14/h6-9,15H,3-5H2,1-2H3. The largest absolute Gasteiger partial charge is 0.490 e. The Labute approximate surface area is 110 Å². The first kappa shape index (κ1) is 13.6. The van der Waals surface area contributed by atoms with Crippen LogP contribution >= 0.6 is 0 Å².